The molecule has 0 atom stereocenters. The fourth-order valence-corrected chi connectivity index (χ4v) is 1.93. The molecule has 0 radical (unpaired) electrons. The molecular weight excluding hydrogens is 278 g/mol. The molecule has 0 saturated heterocycles. The number of para-hydroxylation sites is 1. The maximum atomic E-state index is 11.9. The van der Waals surface area contributed by atoms with E-state index in [9.17, 15) is 4.79 Å². The van der Waals surface area contributed by atoms with Crippen LogP contribution in [-0.4, -0.2) is 42.7 Å². The van der Waals surface area contributed by atoms with E-state index in [4.69, 9.17) is 4.74 Å². The van der Waals surface area contributed by atoms with Gasteiger partial charge in [0.25, 0.3) is 0 Å². The zero-order valence-corrected chi connectivity index (χ0v) is 12.7. The van der Waals surface area contributed by atoms with E-state index in [1.54, 1.807) is 24.3 Å². The number of aromatic nitrogens is 1. The van der Waals surface area contributed by atoms with Gasteiger partial charge in [-0.05, 0) is 36.2 Å². The van der Waals surface area contributed by atoms with Crippen LogP contribution in [0.15, 0.2) is 54.9 Å². The fourth-order valence-electron chi connectivity index (χ4n) is 1.93. The lowest BCUT2D eigenvalue weighted by Gasteiger charge is -2.18. The molecule has 5 nitrogen and oxygen atoms in total. The minimum Gasteiger partial charge on any atom is -0.492 e. The first kappa shape index (κ1) is 15.8. The van der Waals surface area contributed by atoms with Crippen LogP contribution < -0.4 is 10.1 Å². The van der Waals surface area contributed by atoms with Crippen LogP contribution in [0.4, 0.5) is 4.79 Å². The van der Waals surface area contributed by atoms with Crippen LogP contribution in [-0.2, 0) is 6.42 Å². The van der Waals surface area contributed by atoms with Crippen molar-refractivity contribution in [3.63, 3.8) is 0 Å². The molecule has 22 heavy (non-hydrogen) atoms. The van der Waals surface area contributed by atoms with Gasteiger partial charge in [0.2, 0.25) is 0 Å². The summed E-state index contributed by atoms with van der Waals surface area (Å²) < 4.78 is 5.53. The van der Waals surface area contributed by atoms with Crippen molar-refractivity contribution in [2.45, 2.75) is 6.42 Å². The van der Waals surface area contributed by atoms with E-state index < -0.39 is 0 Å². The first-order valence-corrected chi connectivity index (χ1v) is 7.31. The SMILES string of the molecule is CN(CCc1ccncc1)C(=O)NCCOc1ccccc1. The summed E-state index contributed by atoms with van der Waals surface area (Å²) >= 11 is 0. The molecule has 0 spiro atoms. The third kappa shape index (κ3) is 5.44. The Morgan fingerprint density at radius 2 is 1.91 bits per heavy atom. The van der Waals surface area contributed by atoms with Gasteiger partial charge in [0.15, 0.2) is 0 Å². The Morgan fingerprint density at radius 3 is 2.64 bits per heavy atom. The topological polar surface area (TPSA) is 54.5 Å². The number of likely N-dealkylation sites (N-methyl/N-ethyl adjacent to an activating group) is 1. The van der Waals surface area contributed by atoms with E-state index in [0.29, 0.717) is 19.7 Å². The lowest BCUT2D eigenvalue weighted by molar-refractivity contribution is 0.206. The average molecular weight is 299 g/mol. The van der Waals surface area contributed by atoms with E-state index in [2.05, 4.69) is 10.3 Å². The van der Waals surface area contributed by atoms with Crippen molar-refractivity contribution < 1.29 is 9.53 Å². The molecule has 2 aromatic rings. The number of carbonyl (C=O) groups excluding carboxylic acids is 1. The molecule has 0 aliphatic heterocycles. The summed E-state index contributed by atoms with van der Waals surface area (Å²) in [6.07, 6.45) is 4.33. The number of ether oxygens (including phenoxy) is 1. The Morgan fingerprint density at radius 1 is 1.18 bits per heavy atom. The van der Waals surface area contributed by atoms with Crippen LogP contribution >= 0.6 is 0 Å². The van der Waals surface area contributed by atoms with Crippen molar-refractivity contribution in [2.75, 3.05) is 26.7 Å². The molecule has 2 amide bonds. The molecule has 0 fully saturated rings. The van der Waals surface area contributed by atoms with Gasteiger partial charge in [-0.1, -0.05) is 18.2 Å². The van der Waals surface area contributed by atoms with E-state index in [1.807, 2.05) is 42.5 Å². The number of carbonyl (C=O) groups is 1. The molecule has 2 rings (SSSR count). The normalized spacial score (nSPS) is 10.0. The van der Waals surface area contributed by atoms with Crippen LogP contribution in [0.25, 0.3) is 0 Å². The number of nitrogens with one attached hydrogen (secondary N) is 1. The molecule has 0 bridgehead atoms. The number of hydrogen-bond acceptors (Lipinski definition) is 3. The monoisotopic (exact) mass is 299 g/mol. The Bertz CT molecular complexity index is 561. The van der Waals surface area contributed by atoms with Crippen molar-refractivity contribution in [1.82, 2.24) is 15.2 Å². The minimum atomic E-state index is -0.0919. The predicted octanol–water partition coefficient (Wildman–Crippen LogP) is 2.34. The Kier molecular flexibility index (Phi) is 6.23. The summed E-state index contributed by atoms with van der Waals surface area (Å²) in [5.74, 6) is 0.808. The summed E-state index contributed by atoms with van der Waals surface area (Å²) in [6, 6.07) is 13.4. The van der Waals surface area contributed by atoms with Gasteiger partial charge in [-0.25, -0.2) is 4.79 Å². The first-order chi connectivity index (χ1) is 10.8. The van der Waals surface area contributed by atoms with E-state index in [-0.39, 0.29) is 6.03 Å². The highest BCUT2D eigenvalue weighted by Crippen LogP contribution is 2.07. The smallest absolute Gasteiger partial charge is 0.317 e. The van der Waals surface area contributed by atoms with Gasteiger partial charge < -0.3 is 15.0 Å². The highest BCUT2D eigenvalue weighted by atomic mass is 16.5. The maximum Gasteiger partial charge on any atom is 0.317 e. The summed E-state index contributed by atoms with van der Waals surface area (Å²) in [5, 5.41) is 2.84. The standard InChI is InChI=1S/C17H21N3O2/c1-20(13-9-15-7-10-18-11-8-15)17(21)19-12-14-22-16-5-3-2-4-6-16/h2-8,10-11H,9,12-14H2,1H3,(H,19,21). The number of urea groups is 1. The number of hydrogen-bond donors (Lipinski definition) is 1. The van der Waals surface area contributed by atoms with Crippen molar-refractivity contribution in [2.24, 2.45) is 0 Å². The number of amides is 2. The van der Waals surface area contributed by atoms with Gasteiger partial charge in [-0.3, -0.25) is 4.98 Å². The predicted molar refractivity (Wildman–Crippen MR) is 85.9 cm³/mol. The van der Waals surface area contributed by atoms with Gasteiger partial charge in [-0.2, -0.15) is 0 Å². The summed E-state index contributed by atoms with van der Waals surface area (Å²) in [7, 11) is 1.79. The quantitative estimate of drug-likeness (QED) is 0.798. The molecule has 0 saturated carbocycles. The van der Waals surface area contributed by atoms with Crippen molar-refractivity contribution >= 4 is 6.03 Å². The highest BCUT2D eigenvalue weighted by molar-refractivity contribution is 5.73. The highest BCUT2D eigenvalue weighted by Gasteiger charge is 2.07. The van der Waals surface area contributed by atoms with Crippen molar-refractivity contribution in [1.29, 1.82) is 0 Å². The number of rotatable bonds is 7. The van der Waals surface area contributed by atoms with Gasteiger partial charge in [0.05, 0.1) is 6.54 Å². The van der Waals surface area contributed by atoms with E-state index >= 15 is 0 Å². The molecule has 0 aliphatic carbocycles. The van der Waals surface area contributed by atoms with Crippen molar-refractivity contribution in [3.8, 4) is 5.75 Å². The lowest BCUT2D eigenvalue weighted by atomic mass is 10.2. The Hall–Kier alpha value is -2.56. The molecule has 1 aromatic carbocycles. The average Bonchev–Trinajstić information content (AvgIpc) is 2.58. The third-order valence-electron chi connectivity index (χ3n) is 3.22. The third-order valence-corrected chi connectivity index (χ3v) is 3.22. The van der Waals surface area contributed by atoms with Crippen LogP contribution in [0.3, 0.4) is 0 Å². The zero-order valence-electron chi connectivity index (χ0n) is 12.7. The summed E-state index contributed by atoms with van der Waals surface area (Å²) in [5.41, 5.74) is 1.17. The number of pyridine rings is 1. The van der Waals surface area contributed by atoms with Gasteiger partial charge in [0, 0.05) is 26.0 Å². The second-order valence-electron chi connectivity index (χ2n) is 4.92. The van der Waals surface area contributed by atoms with E-state index in [1.165, 1.54) is 5.56 Å². The van der Waals surface area contributed by atoms with Crippen LogP contribution in [0.5, 0.6) is 5.75 Å². The molecule has 116 valence electrons. The lowest BCUT2D eigenvalue weighted by Crippen LogP contribution is -2.40. The Balaban J connectivity index is 1.62. The van der Waals surface area contributed by atoms with Crippen molar-refractivity contribution in [3.05, 3.63) is 60.4 Å². The van der Waals surface area contributed by atoms with Gasteiger partial charge >= 0.3 is 6.03 Å². The molecular formula is C17H21N3O2. The second kappa shape index (κ2) is 8.67. The Labute approximate surface area is 130 Å². The maximum absolute atomic E-state index is 11.9. The van der Waals surface area contributed by atoms with Gasteiger partial charge in [0.1, 0.15) is 12.4 Å². The molecule has 5 heteroatoms. The van der Waals surface area contributed by atoms with Crippen LogP contribution in [0.1, 0.15) is 5.56 Å². The van der Waals surface area contributed by atoms with E-state index in [0.717, 1.165) is 12.2 Å². The minimum absolute atomic E-state index is 0.0919. The van der Waals surface area contributed by atoms with Crippen LogP contribution in [0, 0.1) is 0 Å². The largest absolute Gasteiger partial charge is 0.492 e. The first-order valence-electron chi connectivity index (χ1n) is 7.31. The zero-order chi connectivity index (χ0) is 15.6. The van der Waals surface area contributed by atoms with Gasteiger partial charge in [-0.15, -0.1) is 0 Å². The molecule has 0 aliphatic rings. The summed E-state index contributed by atoms with van der Waals surface area (Å²) in [6.45, 7) is 1.59. The fraction of sp³-hybridized carbons (Fsp3) is 0.294. The molecule has 0 unspecified atom stereocenters. The number of nitrogens with zero attached hydrogens (tertiary/aromatic N) is 2. The van der Waals surface area contributed by atoms with Crippen LogP contribution in [0.2, 0.25) is 0 Å². The summed E-state index contributed by atoms with van der Waals surface area (Å²) in [4.78, 5) is 17.6. The second-order valence-corrected chi connectivity index (χ2v) is 4.92. The number of benzene rings is 1. The molecule has 1 N–H and O–H groups in total. The molecule has 1 heterocycles. The molecule has 1 aromatic heterocycles.